The molecule has 1 saturated heterocycles. The molecule has 0 saturated carbocycles. The van der Waals surface area contributed by atoms with Gasteiger partial charge in [-0.3, -0.25) is 19.5 Å². The van der Waals surface area contributed by atoms with Crippen LogP contribution in [0.4, 0.5) is 0 Å². The van der Waals surface area contributed by atoms with Gasteiger partial charge in [0.05, 0.1) is 5.69 Å². The van der Waals surface area contributed by atoms with Gasteiger partial charge in [-0.1, -0.05) is 18.2 Å². The number of carbonyl (C=O) groups excluding carboxylic acids is 1. The van der Waals surface area contributed by atoms with Crippen LogP contribution in [-0.4, -0.2) is 56.7 Å². The Morgan fingerprint density at radius 1 is 1.03 bits per heavy atom. The third-order valence-corrected chi connectivity index (χ3v) is 5.15. The Hall–Kier alpha value is -3.32. The van der Waals surface area contributed by atoms with Crippen molar-refractivity contribution in [3.8, 4) is 11.3 Å². The van der Waals surface area contributed by atoms with Crippen molar-refractivity contribution in [2.75, 3.05) is 26.2 Å². The van der Waals surface area contributed by atoms with Gasteiger partial charge in [-0.05, 0) is 29.8 Å². The Balaban J connectivity index is 1.42. The minimum atomic E-state index is -0.162. The molecule has 1 amide bonds. The number of aromatic nitrogens is 3. The second kappa shape index (κ2) is 8.36. The lowest BCUT2D eigenvalue weighted by atomic mass is 10.1. The zero-order valence-electron chi connectivity index (χ0n) is 16.4. The van der Waals surface area contributed by atoms with Gasteiger partial charge in [0.25, 0.3) is 11.5 Å². The molecular weight excluding hydrogens is 366 g/mol. The number of rotatable bonds is 4. The summed E-state index contributed by atoms with van der Waals surface area (Å²) in [6.45, 7) is 3.91. The fourth-order valence-corrected chi connectivity index (χ4v) is 3.51. The van der Waals surface area contributed by atoms with E-state index in [1.807, 2.05) is 41.4 Å². The van der Waals surface area contributed by atoms with E-state index in [9.17, 15) is 9.59 Å². The molecule has 7 nitrogen and oxygen atoms in total. The molecule has 0 spiro atoms. The highest BCUT2D eigenvalue weighted by molar-refractivity contribution is 5.95. The van der Waals surface area contributed by atoms with Crippen LogP contribution < -0.4 is 5.56 Å². The zero-order valence-corrected chi connectivity index (χ0v) is 16.4. The van der Waals surface area contributed by atoms with Crippen LogP contribution in [0.2, 0.25) is 0 Å². The molecule has 3 aromatic rings. The maximum atomic E-state index is 13.0. The standard InChI is InChI=1S/C22H23N5O2/c1-25-21(28)8-7-20(24-25)18-5-2-6-19(14-18)22(29)27-12-10-26(11-13-27)16-17-4-3-9-23-15-17/h2-9,14-15H,10-13,16H2,1H3. The first-order valence-electron chi connectivity index (χ1n) is 9.65. The molecule has 0 N–H and O–H groups in total. The van der Waals surface area contributed by atoms with Crippen molar-refractivity contribution >= 4 is 5.91 Å². The third kappa shape index (κ3) is 4.41. The first-order chi connectivity index (χ1) is 14.1. The molecular formula is C22H23N5O2. The van der Waals surface area contributed by atoms with E-state index in [0.717, 1.165) is 25.2 Å². The molecule has 7 heteroatoms. The fourth-order valence-electron chi connectivity index (χ4n) is 3.51. The van der Waals surface area contributed by atoms with E-state index >= 15 is 0 Å². The number of hydrogen-bond acceptors (Lipinski definition) is 5. The highest BCUT2D eigenvalue weighted by Crippen LogP contribution is 2.19. The van der Waals surface area contributed by atoms with Crippen LogP contribution in [0.1, 0.15) is 15.9 Å². The number of nitrogens with zero attached hydrogens (tertiary/aromatic N) is 5. The van der Waals surface area contributed by atoms with Gasteiger partial charge < -0.3 is 4.90 Å². The predicted molar refractivity (Wildman–Crippen MR) is 110 cm³/mol. The van der Waals surface area contributed by atoms with Crippen molar-refractivity contribution in [2.24, 2.45) is 7.05 Å². The van der Waals surface area contributed by atoms with Gasteiger partial charge in [0, 0.05) is 69.4 Å². The molecule has 1 aromatic carbocycles. The van der Waals surface area contributed by atoms with Gasteiger partial charge in [0.15, 0.2) is 0 Å². The summed E-state index contributed by atoms with van der Waals surface area (Å²) < 4.78 is 1.30. The lowest BCUT2D eigenvalue weighted by Crippen LogP contribution is -2.48. The lowest BCUT2D eigenvalue weighted by molar-refractivity contribution is 0.0628. The summed E-state index contributed by atoms with van der Waals surface area (Å²) in [5, 5.41) is 4.27. The molecule has 0 bridgehead atoms. The van der Waals surface area contributed by atoms with Crippen molar-refractivity contribution in [2.45, 2.75) is 6.54 Å². The van der Waals surface area contributed by atoms with E-state index in [-0.39, 0.29) is 11.5 Å². The van der Waals surface area contributed by atoms with Crippen molar-refractivity contribution < 1.29 is 4.79 Å². The molecule has 0 unspecified atom stereocenters. The van der Waals surface area contributed by atoms with Gasteiger partial charge >= 0.3 is 0 Å². The molecule has 29 heavy (non-hydrogen) atoms. The summed E-state index contributed by atoms with van der Waals surface area (Å²) in [5.41, 5.74) is 3.15. The second-order valence-corrected chi connectivity index (χ2v) is 7.19. The Bertz CT molecular complexity index is 1060. The molecule has 0 atom stereocenters. The Labute approximate surface area is 169 Å². The number of piperazine rings is 1. The van der Waals surface area contributed by atoms with E-state index in [0.29, 0.717) is 24.3 Å². The highest BCUT2D eigenvalue weighted by Gasteiger charge is 2.22. The van der Waals surface area contributed by atoms with Crippen molar-refractivity contribution in [3.63, 3.8) is 0 Å². The first-order valence-corrected chi connectivity index (χ1v) is 9.65. The summed E-state index contributed by atoms with van der Waals surface area (Å²) in [4.78, 5) is 32.9. The highest BCUT2D eigenvalue weighted by atomic mass is 16.2. The minimum Gasteiger partial charge on any atom is -0.336 e. The van der Waals surface area contributed by atoms with E-state index in [4.69, 9.17) is 0 Å². The number of hydrogen-bond donors (Lipinski definition) is 0. The number of benzene rings is 1. The van der Waals surface area contributed by atoms with E-state index in [1.54, 1.807) is 19.3 Å². The number of amides is 1. The maximum absolute atomic E-state index is 13.0. The number of pyridine rings is 1. The van der Waals surface area contributed by atoms with Crippen LogP contribution in [0.25, 0.3) is 11.3 Å². The SMILES string of the molecule is Cn1nc(-c2cccc(C(=O)N3CCN(Cc4cccnc4)CC3)c2)ccc1=O. The molecule has 0 radical (unpaired) electrons. The predicted octanol–water partition coefficient (Wildman–Crippen LogP) is 1.80. The smallest absolute Gasteiger partial charge is 0.266 e. The molecule has 2 aromatic heterocycles. The van der Waals surface area contributed by atoms with Crippen LogP contribution in [0, 0.1) is 0 Å². The topological polar surface area (TPSA) is 71.3 Å². The van der Waals surface area contributed by atoms with Crippen molar-refractivity contribution in [3.05, 3.63) is 82.4 Å². The Morgan fingerprint density at radius 2 is 1.86 bits per heavy atom. The van der Waals surface area contributed by atoms with E-state index < -0.39 is 0 Å². The summed E-state index contributed by atoms with van der Waals surface area (Å²) in [7, 11) is 1.62. The monoisotopic (exact) mass is 389 g/mol. The van der Waals surface area contributed by atoms with Gasteiger partial charge in [-0.15, -0.1) is 0 Å². The summed E-state index contributed by atoms with van der Waals surface area (Å²) in [5.74, 6) is 0.0256. The van der Waals surface area contributed by atoms with Crippen molar-refractivity contribution in [1.29, 1.82) is 0 Å². The van der Waals surface area contributed by atoms with Crippen LogP contribution >= 0.6 is 0 Å². The molecule has 148 valence electrons. The minimum absolute atomic E-state index is 0.0256. The lowest BCUT2D eigenvalue weighted by Gasteiger charge is -2.34. The molecule has 0 aliphatic carbocycles. The molecule has 1 aliphatic rings. The maximum Gasteiger partial charge on any atom is 0.266 e. The van der Waals surface area contributed by atoms with E-state index in [1.165, 1.54) is 16.3 Å². The molecule has 1 aliphatic heterocycles. The van der Waals surface area contributed by atoms with Crippen LogP contribution in [0.3, 0.4) is 0 Å². The van der Waals surface area contributed by atoms with Gasteiger partial charge in [-0.25, -0.2) is 4.68 Å². The quantitative estimate of drug-likeness (QED) is 0.681. The van der Waals surface area contributed by atoms with Crippen molar-refractivity contribution in [1.82, 2.24) is 24.6 Å². The average Bonchev–Trinajstić information content (AvgIpc) is 2.76. The zero-order chi connectivity index (χ0) is 20.2. The largest absolute Gasteiger partial charge is 0.336 e. The third-order valence-electron chi connectivity index (χ3n) is 5.15. The Kier molecular flexibility index (Phi) is 5.48. The van der Waals surface area contributed by atoms with Crippen LogP contribution in [0.5, 0.6) is 0 Å². The Morgan fingerprint density at radius 3 is 2.59 bits per heavy atom. The van der Waals surface area contributed by atoms with Crippen LogP contribution in [-0.2, 0) is 13.6 Å². The summed E-state index contributed by atoms with van der Waals surface area (Å²) >= 11 is 0. The number of carbonyl (C=O) groups is 1. The van der Waals surface area contributed by atoms with E-state index in [2.05, 4.69) is 21.0 Å². The van der Waals surface area contributed by atoms with Crippen LogP contribution in [0.15, 0.2) is 65.7 Å². The fraction of sp³-hybridized carbons (Fsp3) is 0.273. The summed E-state index contributed by atoms with van der Waals surface area (Å²) in [6, 6.07) is 14.6. The summed E-state index contributed by atoms with van der Waals surface area (Å²) in [6.07, 6.45) is 3.66. The number of aryl methyl sites for hydroxylation is 1. The van der Waals surface area contributed by atoms with Gasteiger partial charge in [0.2, 0.25) is 0 Å². The molecule has 4 rings (SSSR count). The normalized spacial score (nSPS) is 14.7. The van der Waals surface area contributed by atoms with Gasteiger partial charge in [-0.2, -0.15) is 5.10 Å². The average molecular weight is 389 g/mol. The molecule has 1 fully saturated rings. The first kappa shape index (κ1) is 19.0. The molecule has 3 heterocycles. The second-order valence-electron chi connectivity index (χ2n) is 7.19. The van der Waals surface area contributed by atoms with Gasteiger partial charge in [0.1, 0.15) is 0 Å².